The van der Waals surface area contributed by atoms with Crippen molar-refractivity contribution in [2.75, 3.05) is 5.75 Å². The van der Waals surface area contributed by atoms with E-state index in [2.05, 4.69) is 4.72 Å². The van der Waals surface area contributed by atoms with Crippen molar-refractivity contribution in [2.45, 2.75) is 13.5 Å². The summed E-state index contributed by atoms with van der Waals surface area (Å²) in [4.78, 5) is 0. The zero-order valence-electron chi connectivity index (χ0n) is 6.78. The monoisotopic (exact) mass is 189 g/mol. The fraction of sp³-hybridized carbons (Fsp3) is 0.429. The van der Waals surface area contributed by atoms with Crippen molar-refractivity contribution in [2.24, 2.45) is 0 Å². The minimum absolute atomic E-state index is 0.0910. The fourth-order valence-electron chi connectivity index (χ4n) is 0.696. The van der Waals surface area contributed by atoms with Crippen LogP contribution in [0.2, 0.25) is 0 Å². The molecule has 1 rings (SSSR count). The third-order valence-electron chi connectivity index (χ3n) is 1.43. The minimum atomic E-state index is -3.11. The zero-order valence-corrected chi connectivity index (χ0v) is 7.60. The molecule has 0 aromatic carbocycles. The van der Waals surface area contributed by atoms with Gasteiger partial charge in [-0.25, -0.2) is 13.1 Å². The van der Waals surface area contributed by atoms with Crippen LogP contribution in [0.15, 0.2) is 22.8 Å². The molecule has 1 heterocycles. The molecule has 4 nitrogen and oxygen atoms in total. The van der Waals surface area contributed by atoms with Crippen molar-refractivity contribution in [3.63, 3.8) is 0 Å². The molecule has 0 aliphatic heterocycles. The number of rotatable bonds is 4. The maximum Gasteiger partial charge on any atom is 0.211 e. The average Bonchev–Trinajstić information content (AvgIpc) is 2.53. The summed E-state index contributed by atoms with van der Waals surface area (Å²) in [5.41, 5.74) is 0. The van der Waals surface area contributed by atoms with Gasteiger partial charge in [0.05, 0.1) is 18.6 Å². The quantitative estimate of drug-likeness (QED) is 0.759. The molecule has 0 radical (unpaired) electrons. The molecule has 0 aliphatic rings. The van der Waals surface area contributed by atoms with E-state index in [1.54, 1.807) is 19.1 Å². The molecule has 0 atom stereocenters. The van der Waals surface area contributed by atoms with Gasteiger partial charge in [-0.1, -0.05) is 0 Å². The first-order valence-electron chi connectivity index (χ1n) is 3.64. The Labute approximate surface area is 71.6 Å². The Kier molecular flexibility index (Phi) is 2.88. The molecule has 12 heavy (non-hydrogen) atoms. The number of sulfonamides is 1. The molecule has 1 aromatic heterocycles. The van der Waals surface area contributed by atoms with Crippen LogP contribution < -0.4 is 4.72 Å². The Morgan fingerprint density at radius 2 is 2.33 bits per heavy atom. The lowest BCUT2D eigenvalue weighted by Gasteiger charge is -2.00. The predicted molar refractivity (Wildman–Crippen MR) is 45.0 cm³/mol. The molecule has 0 saturated carbocycles. The maximum atomic E-state index is 10.9. The van der Waals surface area contributed by atoms with Gasteiger partial charge in [-0.3, -0.25) is 0 Å². The highest BCUT2D eigenvalue weighted by Gasteiger charge is 2.06. The first-order chi connectivity index (χ1) is 5.64. The van der Waals surface area contributed by atoms with Crippen molar-refractivity contribution in [1.29, 1.82) is 0 Å². The lowest BCUT2D eigenvalue weighted by Crippen LogP contribution is -2.24. The van der Waals surface area contributed by atoms with Crippen molar-refractivity contribution < 1.29 is 12.8 Å². The summed E-state index contributed by atoms with van der Waals surface area (Å²) in [5.74, 6) is 0.709. The largest absolute Gasteiger partial charge is 0.468 e. The van der Waals surface area contributed by atoms with Crippen LogP contribution >= 0.6 is 0 Å². The van der Waals surface area contributed by atoms with Crippen LogP contribution in [0.25, 0.3) is 0 Å². The second-order valence-electron chi connectivity index (χ2n) is 2.30. The zero-order chi connectivity index (χ0) is 9.03. The minimum Gasteiger partial charge on any atom is -0.468 e. The van der Waals surface area contributed by atoms with E-state index in [-0.39, 0.29) is 12.3 Å². The Morgan fingerprint density at radius 1 is 1.58 bits per heavy atom. The van der Waals surface area contributed by atoms with Crippen LogP contribution in [-0.2, 0) is 16.6 Å². The third kappa shape index (κ3) is 2.67. The Morgan fingerprint density at radius 3 is 2.83 bits per heavy atom. The van der Waals surface area contributed by atoms with Crippen LogP contribution in [0.3, 0.4) is 0 Å². The van der Waals surface area contributed by atoms with E-state index >= 15 is 0 Å². The van der Waals surface area contributed by atoms with Crippen LogP contribution in [0.5, 0.6) is 0 Å². The first-order valence-corrected chi connectivity index (χ1v) is 5.29. The van der Waals surface area contributed by atoms with Gasteiger partial charge in [0.15, 0.2) is 0 Å². The molecule has 0 aliphatic carbocycles. The molecular weight excluding hydrogens is 178 g/mol. The van der Waals surface area contributed by atoms with Gasteiger partial charge >= 0.3 is 0 Å². The number of furan rings is 1. The Bertz CT molecular complexity index is 314. The summed E-state index contributed by atoms with van der Waals surface area (Å²) < 4.78 is 29.2. The Balaban J connectivity index is 2.47. The molecular formula is C7H11NO3S. The van der Waals surface area contributed by atoms with Crippen molar-refractivity contribution >= 4 is 10.0 Å². The average molecular weight is 189 g/mol. The van der Waals surface area contributed by atoms with Crippen molar-refractivity contribution in [3.05, 3.63) is 24.2 Å². The van der Waals surface area contributed by atoms with Gasteiger partial charge in [0, 0.05) is 0 Å². The van der Waals surface area contributed by atoms with Crippen LogP contribution in [-0.4, -0.2) is 14.2 Å². The van der Waals surface area contributed by atoms with E-state index < -0.39 is 10.0 Å². The summed E-state index contributed by atoms with van der Waals surface area (Å²) in [6.07, 6.45) is 1.51. The van der Waals surface area contributed by atoms with E-state index in [0.29, 0.717) is 5.76 Å². The molecule has 0 unspecified atom stereocenters. The lowest BCUT2D eigenvalue weighted by atomic mass is 10.5. The number of hydrogen-bond donors (Lipinski definition) is 1. The van der Waals surface area contributed by atoms with E-state index in [0.717, 1.165) is 0 Å². The van der Waals surface area contributed by atoms with Gasteiger partial charge in [0.2, 0.25) is 10.0 Å². The maximum absolute atomic E-state index is 10.9. The summed E-state index contributed by atoms with van der Waals surface area (Å²) in [6.45, 7) is 1.81. The van der Waals surface area contributed by atoms with Gasteiger partial charge in [-0.2, -0.15) is 0 Å². The smallest absolute Gasteiger partial charge is 0.211 e. The van der Waals surface area contributed by atoms with Gasteiger partial charge < -0.3 is 4.42 Å². The van der Waals surface area contributed by atoms with E-state index in [1.807, 2.05) is 0 Å². The molecule has 1 N–H and O–H groups in total. The number of hydrogen-bond acceptors (Lipinski definition) is 3. The highest BCUT2D eigenvalue weighted by Crippen LogP contribution is 1.99. The second kappa shape index (κ2) is 3.73. The lowest BCUT2D eigenvalue weighted by molar-refractivity contribution is 0.499. The van der Waals surface area contributed by atoms with E-state index in [1.165, 1.54) is 6.26 Å². The van der Waals surface area contributed by atoms with Gasteiger partial charge in [0.25, 0.3) is 0 Å². The third-order valence-corrected chi connectivity index (χ3v) is 2.77. The highest BCUT2D eigenvalue weighted by atomic mass is 32.2. The summed E-state index contributed by atoms with van der Waals surface area (Å²) >= 11 is 0. The van der Waals surface area contributed by atoms with Gasteiger partial charge in [0.1, 0.15) is 5.76 Å². The summed E-state index contributed by atoms with van der Waals surface area (Å²) in [7, 11) is -3.11. The molecule has 5 heteroatoms. The van der Waals surface area contributed by atoms with Gasteiger partial charge in [-0.05, 0) is 19.1 Å². The van der Waals surface area contributed by atoms with Crippen LogP contribution in [0.4, 0.5) is 0 Å². The van der Waals surface area contributed by atoms with Crippen LogP contribution in [0.1, 0.15) is 12.7 Å². The standard InChI is InChI=1S/C7H11NO3S/c1-2-12(9,10)8-6-7-4-3-5-11-7/h3-5,8H,2,6H2,1H3. The molecule has 1 aromatic rings. The molecule has 0 bridgehead atoms. The Hall–Kier alpha value is -0.810. The SMILES string of the molecule is CCS(=O)(=O)NCc1ccco1. The molecule has 68 valence electrons. The summed E-state index contributed by atoms with van der Waals surface area (Å²) in [5, 5.41) is 0. The van der Waals surface area contributed by atoms with Gasteiger partial charge in [-0.15, -0.1) is 0 Å². The number of nitrogens with one attached hydrogen (secondary N) is 1. The fourth-order valence-corrected chi connectivity index (χ4v) is 1.26. The predicted octanol–water partition coefficient (Wildman–Crippen LogP) is 0.719. The normalized spacial score (nSPS) is 11.8. The molecule has 0 saturated heterocycles. The second-order valence-corrected chi connectivity index (χ2v) is 4.40. The van der Waals surface area contributed by atoms with E-state index in [4.69, 9.17) is 4.42 Å². The summed E-state index contributed by atoms with van der Waals surface area (Å²) in [6, 6.07) is 3.44. The molecule has 0 spiro atoms. The molecule has 0 fully saturated rings. The van der Waals surface area contributed by atoms with Crippen LogP contribution in [0, 0.1) is 0 Å². The molecule has 0 amide bonds. The van der Waals surface area contributed by atoms with Crippen molar-refractivity contribution in [1.82, 2.24) is 4.72 Å². The topological polar surface area (TPSA) is 59.3 Å². The van der Waals surface area contributed by atoms with Crippen molar-refractivity contribution in [3.8, 4) is 0 Å². The first kappa shape index (κ1) is 9.28. The highest BCUT2D eigenvalue weighted by molar-refractivity contribution is 7.89. The van der Waals surface area contributed by atoms with E-state index in [9.17, 15) is 8.42 Å².